The van der Waals surface area contributed by atoms with Crippen molar-refractivity contribution in [2.45, 2.75) is 39.7 Å². The molecule has 0 saturated carbocycles. The highest BCUT2D eigenvalue weighted by atomic mass is 32.1. The molecule has 0 bridgehead atoms. The SMILES string of the molecule is CCOCC(C)n1c(C(C)C)n[nH]c1=S. The fraction of sp³-hybridized carbons (Fsp3) is 0.800. The molecule has 0 aliphatic carbocycles. The van der Waals surface area contributed by atoms with Gasteiger partial charge in [-0.2, -0.15) is 5.10 Å². The lowest BCUT2D eigenvalue weighted by atomic mass is 10.2. The molecule has 1 N–H and O–H groups in total. The van der Waals surface area contributed by atoms with Crippen LogP contribution < -0.4 is 0 Å². The molecular weight excluding hydrogens is 210 g/mol. The Morgan fingerprint density at radius 1 is 1.47 bits per heavy atom. The van der Waals surface area contributed by atoms with Crippen molar-refractivity contribution >= 4 is 12.2 Å². The number of rotatable bonds is 5. The third kappa shape index (κ3) is 2.89. The van der Waals surface area contributed by atoms with E-state index in [1.807, 2.05) is 11.5 Å². The second-order valence-electron chi connectivity index (χ2n) is 3.92. The van der Waals surface area contributed by atoms with Gasteiger partial charge in [0.05, 0.1) is 12.6 Å². The lowest BCUT2D eigenvalue weighted by Crippen LogP contribution is -2.16. The van der Waals surface area contributed by atoms with E-state index in [-0.39, 0.29) is 6.04 Å². The molecule has 0 aromatic carbocycles. The molecule has 1 rings (SSSR count). The van der Waals surface area contributed by atoms with E-state index in [0.29, 0.717) is 17.3 Å². The zero-order chi connectivity index (χ0) is 11.4. The van der Waals surface area contributed by atoms with Crippen LogP contribution in [0.3, 0.4) is 0 Å². The number of hydrogen-bond acceptors (Lipinski definition) is 3. The Bertz CT molecular complexity index is 356. The van der Waals surface area contributed by atoms with Gasteiger partial charge in [-0.15, -0.1) is 0 Å². The number of nitrogens with zero attached hydrogens (tertiary/aromatic N) is 2. The van der Waals surface area contributed by atoms with E-state index in [1.54, 1.807) is 0 Å². The van der Waals surface area contributed by atoms with Gasteiger partial charge in [-0.25, -0.2) is 0 Å². The second-order valence-corrected chi connectivity index (χ2v) is 4.31. The molecule has 0 fully saturated rings. The summed E-state index contributed by atoms with van der Waals surface area (Å²) in [4.78, 5) is 0. The molecule has 0 spiro atoms. The third-order valence-electron chi connectivity index (χ3n) is 2.25. The number of aromatic nitrogens is 3. The molecule has 5 heteroatoms. The van der Waals surface area contributed by atoms with E-state index in [2.05, 4.69) is 31.0 Å². The minimum Gasteiger partial charge on any atom is -0.380 e. The van der Waals surface area contributed by atoms with Crippen LogP contribution >= 0.6 is 12.2 Å². The molecule has 0 radical (unpaired) electrons. The van der Waals surface area contributed by atoms with Crippen LogP contribution in [0.2, 0.25) is 0 Å². The van der Waals surface area contributed by atoms with Crippen molar-refractivity contribution in [3.63, 3.8) is 0 Å². The highest BCUT2D eigenvalue weighted by Crippen LogP contribution is 2.17. The maximum absolute atomic E-state index is 5.40. The quantitative estimate of drug-likeness (QED) is 0.789. The molecule has 1 aromatic rings. The van der Waals surface area contributed by atoms with Crippen molar-refractivity contribution in [3.05, 3.63) is 10.6 Å². The maximum atomic E-state index is 5.40. The van der Waals surface area contributed by atoms with Gasteiger partial charge in [0, 0.05) is 12.5 Å². The summed E-state index contributed by atoms with van der Waals surface area (Å²) in [6, 6.07) is 0.230. The minimum atomic E-state index is 0.230. The smallest absolute Gasteiger partial charge is 0.195 e. The van der Waals surface area contributed by atoms with Gasteiger partial charge in [-0.05, 0) is 26.1 Å². The van der Waals surface area contributed by atoms with Crippen molar-refractivity contribution in [1.29, 1.82) is 0 Å². The van der Waals surface area contributed by atoms with Crippen LogP contribution in [0.4, 0.5) is 0 Å². The van der Waals surface area contributed by atoms with E-state index >= 15 is 0 Å². The van der Waals surface area contributed by atoms with E-state index in [9.17, 15) is 0 Å². The predicted octanol–water partition coefficient (Wildman–Crippen LogP) is 2.66. The zero-order valence-electron chi connectivity index (χ0n) is 9.78. The van der Waals surface area contributed by atoms with Crippen LogP contribution in [0.25, 0.3) is 0 Å². The molecule has 1 unspecified atom stereocenters. The number of nitrogens with one attached hydrogen (secondary N) is 1. The predicted molar refractivity (Wildman–Crippen MR) is 62.7 cm³/mol. The molecule has 0 amide bonds. The number of ether oxygens (including phenoxy) is 1. The molecule has 0 saturated heterocycles. The van der Waals surface area contributed by atoms with Gasteiger partial charge in [-0.1, -0.05) is 13.8 Å². The lowest BCUT2D eigenvalue weighted by Gasteiger charge is -2.16. The van der Waals surface area contributed by atoms with Crippen LogP contribution in [0.15, 0.2) is 0 Å². The number of aromatic amines is 1. The summed E-state index contributed by atoms with van der Waals surface area (Å²) < 4.78 is 8.11. The van der Waals surface area contributed by atoms with Crippen molar-refractivity contribution < 1.29 is 4.74 Å². The first-order chi connectivity index (χ1) is 7.07. The number of hydrogen-bond donors (Lipinski definition) is 1. The van der Waals surface area contributed by atoms with Crippen LogP contribution in [-0.2, 0) is 4.74 Å². The van der Waals surface area contributed by atoms with Gasteiger partial charge in [0.15, 0.2) is 4.77 Å². The average Bonchev–Trinajstić information content (AvgIpc) is 2.56. The van der Waals surface area contributed by atoms with Crippen LogP contribution in [0.1, 0.15) is 45.5 Å². The highest BCUT2D eigenvalue weighted by molar-refractivity contribution is 7.71. The van der Waals surface area contributed by atoms with Crippen molar-refractivity contribution in [2.75, 3.05) is 13.2 Å². The topological polar surface area (TPSA) is 42.8 Å². The largest absolute Gasteiger partial charge is 0.380 e. The van der Waals surface area contributed by atoms with Crippen LogP contribution in [0.5, 0.6) is 0 Å². The van der Waals surface area contributed by atoms with Gasteiger partial charge in [0.2, 0.25) is 0 Å². The summed E-state index contributed by atoms with van der Waals surface area (Å²) in [5.41, 5.74) is 0. The molecule has 0 aliphatic rings. The first-order valence-corrected chi connectivity index (χ1v) is 5.73. The summed E-state index contributed by atoms with van der Waals surface area (Å²) >= 11 is 5.21. The van der Waals surface area contributed by atoms with Crippen molar-refractivity contribution in [3.8, 4) is 0 Å². The Kier molecular flexibility index (Phi) is 4.47. The Morgan fingerprint density at radius 2 is 2.13 bits per heavy atom. The number of H-pyrrole nitrogens is 1. The molecule has 1 heterocycles. The van der Waals surface area contributed by atoms with Crippen LogP contribution in [0, 0.1) is 4.77 Å². The highest BCUT2D eigenvalue weighted by Gasteiger charge is 2.15. The first-order valence-electron chi connectivity index (χ1n) is 5.32. The Morgan fingerprint density at radius 3 is 2.67 bits per heavy atom. The molecule has 1 atom stereocenters. The first kappa shape index (κ1) is 12.4. The average molecular weight is 229 g/mol. The molecular formula is C10H19N3OS. The normalized spacial score (nSPS) is 13.4. The van der Waals surface area contributed by atoms with Crippen molar-refractivity contribution in [1.82, 2.24) is 14.8 Å². The Hall–Kier alpha value is -0.680. The molecule has 1 aromatic heterocycles. The van der Waals surface area contributed by atoms with E-state index < -0.39 is 0 Å². The molecule has 0 aliphatic heterocycles. The minimum absolute atomic E-state index is 0.230. The second kappa shape index (κ2) is 5.42. The third-order valence-corrected chi connectivity index (χ3v) is 2.54. The summed E-state index contributed by atoms with van der Waals surface area (Å²) in [6.07, 6.45) is 0. The van der Waals surface area contributed by atoms with E-state index in [0.717, 1.165) is 12.4 Å². The summed E-state index contributed by atoms with van der Waals surface area (Å²) in [7, 11) is 0. The summed E-state index contributed by atoms with van der Waals surface area (Å²) in [6.45, 7) is 9.69. The standard InChI is InChI=1S/C10H19N3OS/c1-5-14-6-8(4)13-9(7(2)3)11-12-10(13)15/h7-8H,5-6H2,1-4H3,(H,12,15). The Labute approximate surface area is 95.7 Å². The van der Waals surface area contributed by atoms with Crippen molar-refractivity contribution in [2.24, 2.45) is 0 Å². The van der Waals surface area contributed by atoms with Gasteiger partial charge >= 0.3 is 0 Å². The molecule has 4 nitrogen and oxygen atoms in total. The van der Waals surface area contributed by atoms with Crippen LogP contribution in [-0.4, -0.2) is 28.0 Å². The van der Waals surface area contributed by atoms with Gasteiger partial charge in [0.1, 0.15) is 5.82 Å². The zero-order valence-corrected chi connectivity index (χ0v) is 10.6. The lowest BCUT2D eigenvalue weighted by molar-refractivity contribution is 0.117. The van der Waals surface area contributed by atoms with Gasteiger partial charge in [-0.3, -0.25) is 9.67 Å². The Balaban J connectivity index is 2.91. The fourth-order valence-corrected chi connectivity index (χ4v) is 1.83. The monoisotopic (exact) mass is 229 g/mol. The fourth-order valence-electron chi connectivity index (χ4n) is 1.51. The van der Waals surface area contributed by atoms with E-state index in [4.69, 9.17) is 17.0 Å². The molecule has 86 valence electrons. The maximum Gasteiger partial charge on any atom is 0.195 e. The van der Waals surface area contributed by atoms with E-state index in [1.165, 1.54) is 0 Å². The summed E-state index contributed by atoms with van der Waals surface area (Å²) in [5, 5.41) is 7.07. The molecule has 15 heavy (non-hydrogen) atoms. The van der Waals surface area contributed by atoms with Gasteiger partial charge < -0.3 is 4.74 Å². The van der Waals surface area contributed by atoms with Gasteiger partial charge in [0.25, 0.3) is 0 Å². The summed E-state index contributed by atoms with van der Waals surface area (Å²) in [5.74, 6) is 1.36.